The summed E-state index contributed by atoms with van der Waals surface area (Å²) in [7, 11) is 1.49. The van der Waals surface area contributed by atoms with E-state index in [9.17, 15) is 19.0 Å². The van der Waals surface area contributed by atoms with E-state index in [1.807, 2.05) is 21.1 Å². The summed E-state index contributed by atoms with van der Waals surface area (Å²) >= 11 is 0. The Bertz CT molecular complexity index is 1420. The average molecular weight is 1050 g/mol. The van der Waals surface area contributed by atoms with Gasteiger partial charge >= 0.3 is 19.8 Å². The van der Waals surface area contributed by atoms with E-state index in [4.69, 9.17) is 18.5 Å². The molecule has 0 fully saturated rings. The van der Waals surface area contributed by atoms with E-state index in [0.717, 1.165) is 64.2 Å². The van der Waals surface area contributed by atoms with Crippen LogP contribution in [0, 0.1) is 0 Å². The standard InChI is InChI=1S/C63H116NO8P/c1-6-8-10-12-14-16-17-18-19-20-21-22-23-24-25-26-27-28-29-30-31-32-33-34-35-36-37-38-39-40-41-42-43-44-45-46-47-48-50-52-54-56-63(66)72-61(60-71-73(67,68)70-58-57-64(3,4)5)59-69-62(65)55-53-51-49-15-13-11-9-7-2/h8,10,14,16,18-19,21-22,24-25,61H,6-7,9,11-13,15,17,20,23,26-60H2,1-5H3/p+1/b10-8-,16-14-,19-18-,22-21-,25-24-. The summed E-state index contributed by atoms with van der Waals surface area (Å²) in [5, 5.41) is 0. The fraction of sp³-hybridized carbons (Fsp3) is 0.810. The van der Waals surface area contributed by atoms with Crippen LogP contribution in [0.15, 0.2) is 60.8 Å². The number of unbranched alkanes of at least 4 members (excludes halogenated alkanes) is 32. The summed E-state index contributed by atoms with van der Waals surface area (Å²) in [6.07, 6.45) is 70.7. The third-order valence-corrected chi connectivity index (χ3v) is 14.3. The molecule has 10 heteroatoms. The molecule has 0 aromatic heterocycles. The molecule has 0 aliphatic heterocycles. The number of ether oxygens (including phenoxy) is 2. The number of esters is 2. The van der Waals surface area contributed by atoms with Crippen molar-refractivity contribution in [1.82, 2.24) is 0 Å². The number of phosphoric acid groups is 1. The van der Waals surface area contributed by atoms with Crippen LogP contribution in [-0.4, -0.2) is 74.9 Å². The molecular weight excluding hydrogens is 930 g/mol. The van der Waals surface area contributed by atoms with Crippen LogP contribution in [0.3, 0.4) is 0 Å². The van der Waals surface area contributed by atoms with Crippen molar-refractivity contribution in [1.29, 1.82) is 0 Å². The minimum Gasteiger partial charge on any atom is -0.462 e. The molecular formula is C63H117NO8P+. The number of rotatable bonds is 56. The topological polar surface area (TPSA) is 108 Å². The van der Waals surface area contributed by atoms with Crippen molar-refractivity contribution in [2.75, 3.05) is 47.5 Å². The molecule has 0 saturated carbocycles. The minimum atomic E-state index is -4.37. The molecule has 0 aromatic rings. The maximum atomic E-state index is 12.8. The smallest absolute Gasteiger partial charge is 0.462 e. The van der Waals surface area contributed by atoms with Crippen LogP contribution in [0.5, 0.6) is 0 Å². The van der Waals surface area contributed by atoms with Gasteiger partial charge in [0, 0.05) is 12.8 Å². The second-order valence-corrected chi connectivity index (χ2v) is 23.2. The van der Waals surface area contributed by atoms with Gasteiger partial charge in [-0.25, -0.2) is 4.57 Å². The first kappa shape index (κ1) is 70.7. The van der Waals surface area contributed by atoms with E-state index < -0.39 is 26.5 Å². The molecule has 0 spiro atoms. The lowest BCUT2D eigenvalue weighted by molar-refractivity contribution is -0.870. The normalized spacial score (nSPS) is 13.7. The summed E-state index contributed by atoms with van der Waals surface area (Å²) in [5.74, 6) is -0.791. The highest BCUT2D eigenvalue weighted by molar-refractivity contribution is 7.47. The van der Waals surface area contributed by atoms with Gasteiger partial charge in [0.1, 0.15) is 19.8 Å². The van der Waals surface area contributed by atoms with Gasteiger partial charge < -0.3 is 18.9 Å². The predicted molar refractivity (Wildman–Crippen MR) is 312 cm³/mol. The fourth-order valence-corrected chi connectivity index (χ4v) is 9.37. The Balaban J connectivity index is 3.78. The van der Waals surface area contributed by atoms with Crippen molar-refractivity contribution in [3.8, 4) is 0 Å². The first-order chi connectivity index (χ1) is 35.5. The van der Waals surface area contributed by atoms with Crippen LogP contribution in [0.4, 0.5) is 0 Å². The number of carbonyl (C=O) groups is 2. The van der Waals surface area contributed by atoms with Gasteiger partial charge in [-0.05, 0) is 57.8 Å². The number of quaternary nitrogens is 1. The zero-order valence-corrected chi connectivity index (χ0v) is 49.3. The predicted octanol–water partition coefficient (Wildman–Crippen LogP) is 19.1. The molecule has 2 atom stereocenters. The number of phosphoric ester groups is 1. The lowest BCUT2D eigenvalue weighted by atomic mass is 10.0. The Morgan fingerprint density at radius 1 is 0.438 bits per heavy atom. The third kappa shape index (κ3) is 58.8. The lowest BCUT2D eigenvalue weighted by Crippen LogP contribution is -2.37. The van der Waals surface area contributed by atoms with Gasteiger partial charge in [0.15, 0.2) is 6.10 Å². The number of allylic oxidation sites excluding steroid dienone is 10. The summed E-state index contributed by atoms with van der Waals surface area (Å²) in [5.41, 5.74) is 0. The molecule has 0 amide bonds. The number of hydrogen-bond donors (Lipinski definition) is 1. The fourth-order valence-electron chi connectivity index (χ4n) is 8.63. The van der Waals surface area contributed by atoms with E-state index >= 15 is 0 Å². The minimum absolute atomic E-state index is 0.0340. The van der Waals surface area contributed by atoms with Crippen molar-refractivity contribution in [3.63, 3.8) is 0 Å². The summed E-state index contributed by atoms with van der Waals surface area (Å²) < 4.78 is 34.4. The van der Waals surface area contributed by atoms with Gasteiger partial charge in [0.05, 0.1) is 27.7 Å². The summed E-state index contributed by atoms with van der Waals surface area (Å²) in [6.45, 7) is 4.30. The first-order valence-corrected chi connectivity index (χ1v) is 32.0. The second kappa shape index (κ2) is 54.5. The number of nitrogens with zero attached hydrogens (tertiary/aromatic N) is 1. The molecule has 0 aliphatic carbocycles. The van der Waals surface area contributed by atoms with Gasteiger partial charge in [-0.3, -0.25) is 18.6 Å². The number of carbonyl (C=O) groups excluding carboxylic acids is 2. The maximum Gasteiger partial charge on any atom is 0.472 e. The summed E-state index contributed by atoms with van der Waals surface area (Å²) in [4.78, 5) is 35.4. The van der Waals surface area contributed by atoms with E-state index in [1.54, 1.807) is 0 Å². The van der Waals surface area contributed by atoms with E-state index in [2.05, 4.69) is 74.6 Å². The monoisotopic (exact) mass is 1050 g/mol. The highest BCUT2D eigenvalue weighted by Gasteiger charge is 2.27. The molecule has 0 aliphatic rings. The Hall–Kier alpha value is -2.29. The molecule has 1 N–H and O–H groups in total. The van der Waals surface area contributed by atoms with Gasteiger partial charge in [0.25, 0.3) is 0 Å². The first-order valence-electron chi connectivity index (χ1n) is 30.5. The lowest BCUT2D eigenvalue weighted by Gasteiger charge is -2.24. The Morgan fingerprint density at radius 3 is 1.16 bits per heavy atom. The Labute approximate surface area is 451 Å². The molecule has 0 rings (SSSR count). The van der Waals surface area contributed by atoms with E-state index in [1.165, 1.54) is 180 Å². The van der Waals surface area contributed by atoms with E-state index in [-0.39, 0.29) is 25.6 Å². The molecule has 0 radical (unpaired) electrons. The highest BCUT2D eigenvalue weighted by Crippen LogP contribution is 2.43. The highest BCUT2D eigenvalue weighted by atomic mass is 31.2. The quantitative estimate of drug-likeness (QED) is 0.0211. The zero-order valence-electron chi connectivity index (χ0n) is 48.4. The van der Waals surface area contributed by atoms with Crippen molar-refractivity contribution in [2.24, 2.45) is 0 Å². The van der Waals surface area contributed by atoms with Gasteiger partial charge in [0.2, 0.25) is 0 Å². The third-order valence-electron chi connectivity index (χ3n) is 13.3. The molecule has 2 unspecified atom stereocenters. The molecule has 0 bridgehead atoms. The maximum absolute atomic E-state index is 12.8. The van der Waals surface area contributed by atoms with Gasteiger partial charge in [-0.1, -0.05) is 267 Å². The Morgan fingerprint density at radius 2 is 0.781 bits per heavy atom. The van der Waals surface area contributed by atoms with Crippen molar-refractivity contribution < 1.29 is 42.1 Å². The van der Waals surface area contributed by atoms with Crippen molar-refractivity contribution in [3.05, 3.63) is 60.8 Å². The van der Waals surface area contributed by atoms with Crippen LogP contribution >= 0.6 is 7.82 Å². The van der Waals surface area contributed by atoms with Crippen molar-refractivity contribution in [2.45, 2.75) is 283 Å². The number of hydrogen-bond acceptors (Lipinski definition) is 7. The van der Waals surface area contributed by atoms with Crippen molar-refractivity contribution >= 4 is 19.8 Å². The molecule has 73 heavy (non-hydrogen) atoms. The average Bonchev–Trinajstić information content (AvgIpc) is 3.35. The van der Waals surface area contributed by atoms with Crippen LogP contribution in [0.2, 0.25) is 0 Å². The second-order valence-electron chi connectivity index (χ2n) is 21.7. The molecule has 0 aromatic carbocycles. The van der Waals surface area contributed by atoms with E-state index in [0.29, 0.717) is 23.9 Å². The SMILES string of the molecule is CC/C=C\C/C=C\C/C=C\C/C=C\C/C=C\CCCCCCCCCCCCCCCCCCCCCCCCCCCC(=O)OC(COC(=O)CCCCCCCCCC)COP(=O)(O)OCC[N+](C)(C)C. The van der Waals surface area contributed by atoms with Gasteiger partial charge in [-0.2, -0.15) is 0 Å². The van der Waals surface area contributed by atoms with Crippen LogP contribution in [-0.2, 0) is 32.7 Å². The molecule has 426 valence electrons. The van der Waals surface area contributed by atoms with Crippen LogP contribution < -0.4 is 0 Å². The zero-order chi connectivity index (χ0) is 53.5. The van der Waals surface area contributed by atoms with Crippen LogP contribution in [0.1, 0.15) is 277 Å². The molecule has 0 saturated heterocycles. The molecule has 9 nitrogen and oxygen atoms in total. The van der Waals surface area contributed by atoms with Crippen LogP contribution in [0.25, 0.3) is 0 Å². The largest absolute Gasteiger partial charge is 0.472 e. The summed E-state index contributed by atoms with van der Waals surface area (Å²) in [6, 6.07) is 0. The Kier molecular flexibility index (Phi) is 52.8. The van der Waals surface area contributed by atoms with Gasteiger partial charge in [-0.15, -0.1) is 0 Å². The molecule has 0 heterocycles. The number of likely N-dealkylation sites (N-methyl/N-ethyl adjacent to an activating group) is 1.